The quantitative estimate of drug-likeness (QED) is 0.680. The fourth-order valence-corrected chi connectivity index (χ4v) is 3.18. The summed E-state index contributed by atoms with van der Waals surface area (Å²) in [5, 5.41) is 8.46. The third-order valence-corrected chi connectivity index (χ3v) is 4.56. The highest BCUT2D eigenvalue weighted by Gasteiger charge is 2.36. The van der Waals surface area contributed by atoms with E-state index in [0.717, 1.165) is 24.3 Å². The Morgan fingerprint density at radius 3 is 2.30 bits per heavy atom. The van der Waals surface area contributed by atoms with Gasteiger partial charge in [-0.15, -0.1) is 0 Å². The van der Waals surface area contributed by atoms with Gasteiger partial charge in [0.2, 0.25) is 10.0 Å². The summed E-state index contributed by atoms with van der Waals surface area (Å²) in [6.07, 6.45) is -4.90. The van der Waals surface area contributed by atoms with Crippen molar-refractivity contribution in [2.45, 2.75) is 11.1 Å². The maximum atomic E-state index is 14.2. The summed E-state index contributed by atoms with van der Waals surface area (Å²) in [4.78, 5) is -0.528. The lowest BCUT2D eigenvalue weighted by Gasteiger charge is -2.12. The summed E-state index contributed by atoms with van der Waals surface area (Å²) >= 11 is 0. The van der Waals surface area contributed by atoms with Gasteiger partial charge in [0.15, 0.2) is 5.69 Å². The van der Waals surface area contributed by atoms with Crippen molar-refractivity contribution in [3.63, 3.8) is 0 Å². The van der Waals surface area contributed by atoms with Crippen LogP contribution in [0.15, 0.2) is 53.4 Å². The normalized spacial score (nSPS) is 12.4. The van der Waals surface area contributed by atoms with E-state index in [4.69, 9.17) is 5.14 Å². The molecule has 3 rings (SSSR count). The van der Waals surface area contributed by atoms with E-state index in [1.54, 1.807) is 0 Å². The molecule has 3 aromatic rings. The van der Waals surface area contributed by atoms with Crippen LogP contribution in [0, 0.1) is 11.6 Å². The molecule has 0 atom stereocenters. The lowest BCUT2D eigenvalue weighted by atomic mass is 10.1. The SMILES string of the molecule is NS(=O)(=O)c1ccccc1-n1nc(C(F)(F)F)cc1-c1cc(F)ccc1F. The van der Waals surface area contributed by atoms with Crippen molar-refractivity contribution in [2.75, 3.05) is 0 Å². The number of halogens is 5. The molecule has 0 aliphatic carbocycles. The van der Waals surface area contributed by atoms with Gasteiger partial charge in [-0.25, -0.2) is 27.0 Å². The van der Waals surface area contributed by atoms with Crippen molar-refractivity contribution in [1.82, 2.24) is 9.78 Å². The molecule has 0 saturated heterocycles. The van der Waals surface area contributed by atoms with Crippen LogP contribution in [-0.4, -0.2) is 18.2 Å². The van der Waals surface area contributed by atoms with Gasteiger partial charge < -0.3 is 0 Å². The standard InChI is InChI=1S/C16H10F5N3O2S/c17-9-5-6-11(18)10(7-9)13-8-15(16(19,20)21)23-24(13)12-3-1-2-4-14(12)27(22,25)26/h1-8H,(H2,22,25,26). The zero-order valence-corrected chi connectivity index (χ0v) is 14.0. The van der Waals surface area contributed by atoms with Crippen molar-refractivity contribution in [1.29, 1.82) is 0 Å². The molecule has 2 aromatic carbocycles. The second-order valence-corrected chi connectivity index (χ2v) is 6.99. The Kier molecular flexibility index (Phi) is 4.52. The maximum Gasteiger partial charge on any atom is 0.435 e. The van der Waals surface area contributed by atoms with Gasteiger partial charge >= 0.3 is 6.18 Å². The molecule has 0 radical (unpaired) electrons. The summed E-state index contributed by atoms with van der Waals surface area (Å²) in [7, 11) is -4.33. The number of benzene rings is 2. The molecule has 1 aromatic heterocycles. The third kappa shape index (κ3) is 3.69. The smallest absolute Gasteiger partial charge is 0.231 e. The topological polar surface area (TPSA) is 78.0 Å². The molecule has 0 aliphatic heterocycles. The Balaban J connectivity index is 2.38. The lowest BCUT2D eigenvalue weighted by molar-refractivity contribution is -0.141. The number of sulfonamides is 1. The summed E-state index contributed by atoms with van der Waals surface area (Å²) < 4.78 is 91.3. The molecule has 1 heterocycles. The number of hydrogen-bond acceptors (Lipinski definition) is 3. The van der Waals surface area contributed by atoms with Crippen molar-refractivity contribution in [3.05, 3.63) is 65.9 Å². The fraction of sp³-hybridized carbons (Fsp3) is 0.0625. The maximum absolute atomic E-state index is 14.2. The molecule has 142 valence electrons. The zero-order chi connectivity index (χ0) is 20.0. The molecule has 2 N–H and O–H groups in total. The summed E-state index contributed by atoms with van der Waals surface area (Å²) in [5.41, 5.74) is -2.77. The number of aromatic nitrogens is 2. The van der Waals surface area contributed by atoms with Crippen LogP contribution in [0.25, 0.3) is 16.9 Å². The van der Waals surface area contributed by atoms with Crippen LogP contribution in [0.1, 0.15) is 5.69 Å². The van der Waals surface area contributed by atoms with Crippen molar-refractivity contribution in [2.24, 2.45) is 5.14 Å². The first kappa shape index (κ1) is 19.0. The highest BCUT2D eigenvalue weighted by molar-refractivity contribution is 7.89. The first-order chi connectivity index (χ1) is 12.5. The van der Waals surface area contributed by atoms with E-state index in [-0.39, 0.29) is 5.69 Å². The number of nitrogens with two attached hydrogens (primary N) is 1. The molecular weight excluding hydrogens is 393 g/mol. The van der Waals surface area contributed by atoms with Crippen LogP contribution in [0.2, 0.25) is 0 Å². The van der Waals surface area contributed by atoms with Crippen LogP contribution >= 0.6 is 0 Å². The van der Waals surface area contributed by atoms with Gasteiger partial charge in [0.1, 0.15) is 16.5 Å². The van der Waals surface area contributed by atoms with Gasteiger partial charge in [0.05, 0.1) is 11.4 Å². The number of rotatable bonds is 3. The number of primary sulfonamides is 1. The van der Waals surface area contributed by atoms with E-state index in [9.17, 15) is 30.4 Å². The van der Waals surface area contributed by atoms with Gasteiger partial charge in [-0.3, -0.25) is 0 Å². The predicted molar refractivity (Wildman–Crippen MR) is 85.3 cm³/mol. The zero-order valence-electron chi connectivity index (χ0n) is 13.2. The summed E-state index contributed by atoms with van der Waals surface area (Å²) in [5.74, 6) is -1.91. The molecule has 0 spiro atoms. The Hall–Kier alpha value is -2.79. The first-order valence-corrected chi connectivity index (χ1v) is 8.78. The number of para-hydroxylation sites is 1. The van der Waals surface area contributed by atoms with Gasteiger partial charge in [0, 0.05) is 5.56 Å². The monoisotopic (exact) mass is 403 g/mol. The largest absolute Gasteiger partial charge is 0.435 e. The Morgan fingerprint density at radius 2 is 1.67 bits per heavy atom. The highest BCUT2D eigenvalue weighted by Crippen LogP contribution is 2.35. The van der Waals surface area contributed by atoms with Gasteiger partial charge in [-0.1, -0.05) is 12.1 Å². The summed E-state index contributed by atoms with van der Waals surface area (Å²) in [6, 6.07) is 7.56. The Morgan fingerprint density at radius 1 is 1.00 bits per heavy atom. The van der Waals surface area contributed by atoms with Gasteiger partial charge in [-0.2, -0.15) is 18.3 Å². The number of hydrogen-bond donors (Lipinski definition) is 1. The average Bonchev–Trinajstić information content (AvgIpc) is 3.01. The molecule has 0 fully saturated rings. The van der Waals surface area contributed by atoms with Crippen molar-refractivity contribution >= 4 is 10.0 Å². The Bertz CT molecular complexity index is 1120. The molecule has 0 saturated carbocycles. The van der Waals surface area contributed by atoms with E-state index in [1.165, 1.54) is 12.1 Å². The minimum atomic E-state index is -4.90. The molecule has 0 aliphatic rings. The molecule has 0 bridgehead atoms. The van der Waals surface area contributed by atoms with E-state index in [0.29, 0.717) is 16.8 Å². The molecule has 11 heteroatoms. The van der Waals surface area contributed by atoms with E-state index in [2.05, 4.69) is 5.10 Å². The van der Waals surface area contributed by atoms with E-state index < -0.39 is 49.7 Å². The molecule has 5 nitrogen and oxygen atoms in total. The third-order valence-electron chi connectivity index (χ3n) is 3.60. The lowest BCUT2D eigenvalue weighted by Crippen LogP contribution is -2.16. The highest BCUT2D eigenvalue weighted by atomic mass is 32.2. The number of nitrogens with zero attached hydrogens (tertiary/aromatic N) is 2. The second kappa shape index (κ2) is 6.43. The van der Waals surface area contributed by atoms with E-state index in [1.807, 2.05) is 0 Å². The minimum Gasteiger partial charge on any atom is -0.231 e. The fourth-order valence-electron chi connectivity index (χ4n) is 2.46. The predicted octanol–water partition coefficient (Wildman–Crippen LogP) is 3.48. The first-order valence-electron chi connectivity index (χ1n) is 7.23. The molecular formula is C16H10F5N3O2S. The van der Waals surface area contributed by atoms with E-state index >= 15 is 0 Å². The van der Waals surface area contributed by atoms with Crippen LogP contribution < -0.4 is 5.14 Å². The van der Waals surface area contributed by atoms with Crippen LogP contribution in [-0.2, 0) is 16.2 Å². The Labute approximate surface area is 149 Å². The van der Waals surface area contributed by atoms with Crippen molar-refractivity contribution < 1.29 is 30.4 Å². The summed E-state index contributed by atoms with van der Waals surface area (Å²) in [6.45, 7) is 0. The molecule has 0 amide bonds. The van der Waals surface area contributed by atoms with Crippen LogP contribution in [0.4, 0.5) is 22.0 Å². The molecule has 0 unspecified atom stereocenters. The second-order valence-electron chi connectivity index (χ2n) is 5.46. The van der Waals surface area contributed by atoms with Crippen molar-refractivity contribution in [3.8, 4) is 16.9 Å². The average molecular weight is 403 g/mol. The van der Waals surface area contributed by atoms with Gasteiger partial charge in [0.25, 0.3) is 0 Å². The minimum absolute atomic E-state index is 0.339. The van der Waals surface area contributed by atoms with Crippen LogP contribution in [0.3, 0.4) is 0 Å². The van der Waals surface area contributed by atoms with Crippen LogP contribution in [0.5, 0.6) is 0 Å². The molecule has 27 heavy (non-hydrogen) atoms. The van der Waals surface area contributed by atoms with Gasteiger partial charge in [-0.05, 0) is 36.4 Å². The number of alkyl halides is 3.